The zero-order chi connectivity index (χ0) is 10.5. The van der Waals surface area contributed by atoms with E-state index in [4.69, 9.17) is 4.42 Å². The SMILES string of the molecule is Cc1c(O)c(C)c2oc(=O)sc2c1C. The van der Waals surface area contributed by atoms with Crippen molar-refractivity contribution in [2.45, 2.75) is 20.8 Å². The maximum Gasteiger partial charge on any atom is 0.396 e. The molecule has 0 aliphatic rings. The fraction of sp³-hybridized carbons (Fsp3) is 0.300. The Bertz CT molecular complexity index is 515. The van der Waals surface area contributed by atoms with Gasteiger partial charge in [-0.25, -0.2) is 4.79 Å². The Hall–Kier alpha value is -1.29. The molecule has 2 aromatic rings. The van der Waals surface area contributed by atoms with Crippen LogP contribution in [-0.2, 0) is 0 Å². The summed E-state index contributed by atoms with van der Waals surface area (Å²) in [4.78, 5) is 10.8. The van der Waals surface area contributed by atoms with Crippen LogP contribution in [0.5, 0.6) is 5.75 Å². The predicted molar refractivity (Wildman–Crippen MR) is 56.2 cm³/mol. The van der Waals surface area contributed by atoms with Crippen molar-refractivity contribution in [1.82, 2.24) is 0 Å². The number of aromatic hydroxyl groups is 1. The fourth-order valence-electron chi connectivity index (χ4n) is 1.51. The van der Waals surface area contributed by atoms with Gasteiger partial charge in [-0.2, -0.15) is 0 Å². The van der Waals surface area contributed by atoms with Crippen LogP contribution in [0.1, 0.15) is 16.7 Å². The minimum atomic E-state index is -0.323. The van der Waals surface area contributed by atoms with Crippen LogP contribution in [0.4, 0.5) is 0 Å². The van der Waals surface area contributed by atoms with E-state index in [1.165, 1.54) is 0 Å². The van der Waals surface area contributed by atoms with Crippen LogP contribution in [0.15, 0.2) is 9.21 Å². The maximum atomic E-state index is 11.1. The summed E-state index contributed by atoms with van der Waals surface area (Å²) in [6.45, 7) is 5.46. The van der Waals surface area contributed by atoms with E-state index in [0.29, 0.717) is 11.1 Å². The highest BCUT2D eigenvalue weighted by Gasteiger charge is 2.15. The van der Waals surface area contributed by atoms with Gasteiger partial charge in [0.15, 0.2) is 5.58 Å². The highest BCUT2D eigenvalue weighted by atomic mass is 32.1. The van der Waals surface area contributed by atoms with Gasteiger partial charge in [0.25, 0.3) is 0 Å². The van der Waals surface area contributed by atoms with Crippen LogP contribution in [0, 0.1) is 20.8 Å². The molecule has 1 heterocycles. The number of phenolic OH excluding ortho intramolecular Hbond substituents is 1. The molecular formula is C10H10O3S. The first-order chi connectivity index (χ1) is 6.52. The van der Waals surface area contributed by atoms with Crippen LogP contribution in [0.3, 0.4) is 0 Å². The molecule has 1 aromatic heterocycles. The van der Waals surface area contributed by atoms with Crippen LogP contribution in [0.25, 0.3) is 10.3 Å². The van der Waals surface area contributed by atoms with E-state index in [1.54, 1.807) is 6.92 Å². The molecule has 0 spiro atoms. The Balaban J connectivity index is 3.08. The summed E-state index contributed by atoms with van der Waals surface area (Å²) < 4.78 is 5.85. The Morgan fingerprint density at radius 2 is 1.79 bits per heavy atom. The fourth-order valence-corrected chi connectivity index (χ4v) is 2.40. The number of phenols is 1. The molecule has 0 bridgehead atoms. The van der Waals surface area contributed by atoms with E-state index in [-0.39, 0.29) is 10.7 Å². The van der Waals surface area contributed by atoms with Gasteiger partial charge in [0.05, 0.1) is 4.70 Å². The van der Waals surface area contributed by atoms with Gasteiger partial charge in [0, 0.05) is 5.56 Å². The van der Waals surface area contributed by atoms with Gasteiger partial charge >= 0.3 is 4.94 Å². The van der Waals surface area contributed by atoms with Gasteiger partial charge in [0.2, 0.25) is 0 Å². The van der Waals surface area contributed by atoms with Crippen molar-refractivity contribution in [3.8, 4) is 5.75 Å². The average Bonchev–Trinajstić information content (AvgIpc) is 2.54. The van der Waals surface area contributed by atoms with Crippen molar-refractivity contribution in [3.63, 3.8) is 0 Å². The van der Waals surface area contributed by atoms with Crippen LogP contribution < -0.4 is 4.94 Å². The molecule has 0 aliphatic heterocycles. The Morgan fingerprint density at radius 1 is 1.14 bits per heavy atom. The van der Waals surface area contributed by atoms with Gasteiger partial charge in [-0.1, -0.05) is 11.3 Å². The summed E-state index contributed by atoms with van der Waals surface area (Å²) in [5.41, 5.74) is 2.88. The van der Waals surface area contributed by atoms with Gasteiger partial charge in [-0.3, -0.25) is 0 Å². The van der Waals surface area contributed by atoms with E-state index in [2.05, 4.69) is 0 Å². The summed E-state index contributed by atoms with van der Waals surface area (Å²) in [5, 5.41) is 9.74. The van der Waals surface area contributed by atoms with Gasteiger partial charge < -0.3 is 9.52 Å². The molecule has 0 atom stereocenters. The molecule has 0 amide bonds. The minimum absolute atomic E-state index is 0.219. The predicted octanol–water partition coefficient (Wildman–Crippen LogP) is 2.49. The van der Waals surface area contributed by atoms with E-state index < -0.39 is 0 Å². The van der Waals surface area contributed by atoms with Crippen LogP contribution in [0.2, 0.25) is 0 Å². The number of hydrogen-bond acceptors (Lipinski definition) is 4. The first-order valence-corrected chi connectivity index (χ1v) is 5.06. The summed E-state index contributed by atoms with van der Waals surface area (Å²) in [5.74, 6) is 0.219. The van der Waals surface area contributed by atoms with Crippen molar-refractivity contribution >= 4 is 21.6 Å². The number of hydrogen-bond donors (Lipinski definition) is 1. The van der Waals surface area contributed by atoms with Gasteiger partial charge in [0.1, 0.15) is 5.75 Å². The second kappa shape index (κ2) is 2.85. The summed E-state index contributed by atoms with van der Waals surface area (Å²) in [7, 11) is 0. The summed E-state index contributed by atoms with van der Waals surface area (Å²) >= 11 is 1.08. The van der Waals surface area contributed by atoms with Crippen molar-refractivity contribution in [2.75, 3.05) is 0 Å². The molecule has 3 nitrogen and oxygen atoms in total. The third kappa shape index (κ3) is 1.07. The molecule has 0 fully saturated rings. The number of benzene rings is 1. The van der Waals surface area contributed by atoms with Gasteiger partial charge in [-0.05, 0) is 31.9 Å². The topological polar surface area (TPSA) is 50.4 Å². The molecule has 14 heavy (non-hydrogen) atoms. The summed E-state index contributed by atoms with van der Waals surface area (Å²) in [6.07, 6.45) is 0. The number of fused-ring (bicyclic) bond motifs is 1. The lowest BCUT2D eigenvalue weighted by Crippen LogP contribution is -1.86. The number of rotatable bonds is 0. The molecule has 0 saturated heterocycles. The van der Waals surface area contributed by atoms with Crippen molar-refractivity contribution in [2.24, 2.45) is 0 Å². The van der Waals surface area contributed by atoms with E-state index in [9.17, 15) is 9.90 Å². The lowest BCUT2D eigenvalue weighted by Gasteiger charge is -2.06. The number of aryl methyl sites for hydroxylation is 2. The highest BCUT2D eigenvalue weighted by molar-refractivity contribution is 7.16. The monoisotopic (exact) mass is 210 g/mol. The largest absolute Gasteiger partial charge is 0.507 e. The lowest BCUT2D eigenvalue weighted by atomic mass is 10.0. The van der Waals surface area contributed by atoms with Gasteiger partial charge in [-0.15, -0.1) is 0 Å². The molecule has 0 saturated carbocycles. The second-order valence-corrected chi connectivity index (χ2v) is 4.28. The normalized spacial score (nSPS) is 11.1. The standard InChI is InChI=1S/C10H10O3S/c1-4-5(2)9-8(6(3)7(4)11)13-10(12)14-9/h11H,1-3H3. The highest BCUT2D eigenvalue weighted by Crippen LogP contribution is 2.34. The second-order valence-electron chi connectivity index (χ2n) is 3.34. The molecule has 1 aromatic carbocycles. The minimum Gasteiger partial charge on any atom is -0.507 e. The van der Waals surface area contributed by atoms with Crippen molar-refractivity contribution in [1.29, 1.82) is 0 Å². The maximum absolute atomic E-state index is 11.1. The first-order valence-electron chi connectivity index (χ1n) is 4.24. The van der Waals surface area contributed by atoms with Crippen molar-refractivity contribution < 1.29 is 9.52 Å². The molecule has 74 valence electrons. The van der Waals surface area contributed by atoms with E-state index in [0.717, 1.165) is 27.2 Å². The quantitative estimate of drug-likeness (QED) is 0.726. The third-order valence-electron chi connectivity index (χ3n) is 2.53. The Morgan fingerprint density at radius 3 is 2.43 bits per heavy atom. The van der Waals surface area contributed by atoms with E-state index in [1.807, 2.05) is 13.8 Å². The molecule has 1 N–H and O–H groups in total. The first kappa shape index (κ1) is 9.27. The third-order valence-corrected chi connectivity index (χ3v) is 3.48. The lowest BCUT2D eigenvalue weighted by molar-refractivity contribution is 0.464. The Kier molecular flexibility index (Phi) is 1.89. The molecule has 0 aliphatic carbocycles. The average molecular weight is 210 g/mol. The molecular weight excluding hydrogens is 200 g/mol. The molecule has 2 rings (SSSR count). The van der Waals surface area contributed by atoms with Crippen molar-refractivity contribution in [3.05, 3.63) is 26.4 Å². The zero-order valence-electron chi connectivity index (χ0n) is 8.17. The smallest absolute Gasteiger partial charge is 0.396 e. The van der Waals surface area contributed by atoms with Crippen LogP contribution >= 0.6 is 11.3 Å². The molecule has 0 radical (unpaired) electrons. The van der Waals surface area contributed by atoms with Crippen LogP contribution in [-0.4, -0.2) is 5.11 Å². The molecule has 0 unspecified atom stereocenters. The zero-order valence-corrected chi connectivity index (χ0v) is 8.99. The molecule has 4 heteroatoms. The van der Waals surface area contributed by atoms with E-state index >= 15 is 0 Å². The summed E-state index contributed by atoms with van der Waals surface area (Å²) in [6, 6.07) is 0. The Labute approximate surface area is 84.6 Å².